The van der Waals surface area contributed by atoms with E-state index in [4.69, 9.17) is 10.5 Å². The van der Waals surface area contributed by atoms with Crippen molar-refractivity contribution in [1.82, 2.24) is 24.8 Å². The number of imidazole rings is 1. The number of hydrogen-bond donors (Lipinski definition) is 4. The summed E-state index contributed by atoms with van der Waals surface area (Å²) < 4.78 is 6.98. The Labute approximate surface area is 131 Å². The minimum Gasteiger partial charge on any atom is -0.387 e. The molecule has 23 heavy (non-hydrogen) atoms. The highest BCUT2D eigenvalue weighted by Gasteiger charge is 2.47. The van der Waals surface area contributed by atoms with E-state index in [9.17, 15) is 15.0 Å². The number of aryl methyl sites for hydroxylation is 1. The number of aliphatic hydroxyl groups excluding tert-OH is 2. The largest absolute Gasteiger partial charge is 0.387 e. The van der Waals surface area contributed by atoms with Gasteiger partial charge < -0.3 is 26.0 Å². The van der Waals surface area contributed by atoms with Gasteiger partial charge in [-0.25, -0.2) is 15.0 Å². The van der Waals surface area contributed by atoms with Gasteiger partial charge in [0.05, 0.1) is 6.33 Å². The van der Waals surface area contributed by atoms with E-state index in [1.807, 2.05) is 0 Å². The van der Waals surface area contributed by atoms with Crippen LogP contribution in [0.2, 0.25) is 0 Å². The average Bonchev–Trinajstić information content (AvgIpc) is 3.02. The lowest BCUT2D eigenvalue weighted by molar-refractivity contribution is -0.137. The highest BCUT2D eigenvalue weighted by molar-refractivity contribution is 5.83. The first-order chi connectivity index (χ1) is 10.9. The maximum absolute atomic E-state index is 11.9. The first-order valence-electron chi connectivity index (χ1n) is 7.20. The second-order valence-corrected chi connectivity index (χ2v) is 5.30. The van der Waals surface area contributed by atoms with Crippen LogP contribution in [0.1, 0.15) is 19.0 Å². The first-order valence-corrected chi connectivity index (χ1v) is 7.20. The number of aliphatic hydroxyl groups is 2. The predicted octanol–water partition coefficient (Wildman–Crippen LogP) is -1.53. The molecule has 0 radical (unpaired) electrons. The zero-order valence-electron chi connectivity index (χ0n) is 12.7. The number of nitrogens with one attached hydrogen (secondary N) is 1. The minimum absolute atomic E-state index is 0.208. The normalized spacial score (nSPS) is 27.5. The lowest BCUT2D eigenvalue weighted by Crippen LogP contribution is -2.42. The molecule has 0 aromatic carbocycles. The van der Waals surface area contributed by atoms with Gasteiger partial charge in [0.1, 0.15) is 23.5 Å². The maximum atomic E-state index is 11.9. The summed E-state index contributed by atoms with van der Waals surface area (Å²) in [6, 6.07) is 0. The van der Waals surface area contributed by atoms with Crippen LogP contribution in [-0.2, 0) is 9.53 Å². The van der Waals surface area contributed by atoms with E-state index in [1.165, 1.54) is 10.9 Å². The summed E-state index contributed by atoms with van der Waals surface area (Å²) in [5, 5.41) is 22.9. The molecule has 124 valence electrons. The number of nitrogen functional groups attached to an aromatic ring is 1. The van der Waals surface area contributed by atoms with E-state index in [0.29, 0.717) is 23.5 Å². The molecule has 2 aromatic heterocycles. The zero-order valence-corrected chi connectivity index (χ0v) is 12.7. The third kappa shape index (κ3) is 2.50. The van der Waals surface area contributed by atoms with Crippen LogP contribution in [0.5, 0.6) is 0 Å². The monoisotopic (exact) mass is 322 g/mol. The van der Waals surface area contributed by atoms with Gasteiger partial charge in [0.25, 0.3) is 5.91 Å². The lowest BCUT2D eigenvalue weighted by Gasteiger charge is -2.16. The minimum atomic E-state index is -1.36. The van der Waals surface area contributed by atoms with Crippen molar-refractivity contribution in [3.8, 4) is 0 Å². The number of carbonyl (C=O) groups excluding carboxylic acids is 1. The van der Waals surface area contributed by atoms with E-state index >= 15 is 0 Å². The van der Waals surface area contributed by atoms with Crippen molar-refractivity contribution >= 4 is 22.9 Å². The third-order valence-corrected chi connectivity index (χ3v) is 3.68. The smallest absolute Gasteiger partial charge is 0.252 e. The molecule has 2 aromatic rings. The molecule has 1 saturated heterocycles. The molecule has 3 heterocycles. The number of carbonyl (C=O) groups is 1. The molecular weight excluding hydrogens is 304 g/mol. The first kappa shape index (κ1) is 15.6. The number of amides is 1. The van der Waals surface area contributed by atoms with Gasteiger partial charge in [0.2, 0.25) is 0 Å². The quantitative estimate of drug-likeness (QED) is 0.532. The molecule has 1 aliphatic heterocycles. The van der Waals surface area contributed by atoms with Crippen molar-refractivity contribution in [3.05, 3.63) is 12.2 Å². The number of fused-ring (bicyclic) bond motifs is 1. The number of rotatable bonds is 3. The van der Waals surface area contributed by atoms with Crippen LogP contribution in [0.25, 0.3) is 11.2 Å². The molecule has 0 bridgehead atoms. The highest BCUT2D eigenvalue weighted by Crippen LogP contribution is 2.32. The Balaban J connectivity index is 1.98. The summed E-state index contributed by atoms with van der Waals surface area (Å²) in [4.78, 5) is 24.3. The van der Waals surface area contributed by atoms with Gasteiger partial charge >= 0.3 is 0 Å². The molecule has 0 unspecified atom stereocenters. The van der Waals surface area contributed by atoms with Crippen LogP contribution in [0, 0.1) is 6.92 Å². The van der Waals surface area contributed by atoms with Gasteiger partial charge in [-0.1, -0.05) is 0 Å². The summed E-state index contributed by atoms with van der Waals surface area (Å²) >= 11 is 0. The van der Waals surface area contributed by atoms with Gasteiger partial charge in [-0.2, -0.15) is 0 Å². The lowest BCUT2D eigenvalue weighted by atomic mass is 10.1. The van der Waals surface area contributed by atoms with E-state index in [0.717, 1.165) is 0 Å². The van der Waals surface area contributed by atoms with E-state index in [1.54, 1.807) is 13.8 Å². The fourth-order valence-corrected chi connectivity index (χ4v) is 2.62. The molecule has 1 fully saturated rings. The van der Waals surface area contributed by atoms with Crippen molar-refractivity contribution in [3.63, 3.8) is 0 Å². The Kier molecular flexibility index (Phi) is 3.88. The molecule has 5 N–H and O–H groups in total. The Hall–Kier alpha value is -2.30. The zero-order chi connectivity index (χ0) is 16.7. The molecule has 4 atom stereocenters. The van der Waals surface area contributed by atoms with Crippen molar-refractivity contribution < 1.29 is 19.7 Å². The number of ether oxygens (including phenoxy) is 1. The number of hydrogen-bond acceptors (Lipinski definition) is 8. The fraction of sp³-hybridized carbons (Fsp3) is 0.538. The highest BCUT2D eigenvalue weighted by atomic mass is 16.6. The Bertz CT molecular complexity index is 747. The molecule has 0 aliphatic carbocycles. The Morgan fingerprint density at radius 3 is 2.87 bits per heavy atom. The van der Waals surface area contributed by atoms with E-state index in [2.05, 4.69) is 20.3 Å². The molecular formula is C13H18N6O4. The predicted molar refractivity (Wildman–Crippen MR) is 79.1 cm³/mol. The van der Waals surface area contributed by atoms with Gasteiger partial charge in [0.15, 0.2) is 23.8 Å². The summed E-state index contributed by atoms with van der Waals surface area (Å²) in [5.41, 5.74) is 6.53. The Morgan fingerprint density at radius 2 is 2.17 bits per heavy atom. The second kappa shape index (κ2) is 5.72. The number of nitrogens with two attached hydrogens (primary N) is 1. The van der Waals surface area contributed by atoms with Crippen LogP contribution in [-0.4, -0.2) is 60.5 Å². The van der Waals surface area contributed by atoms with Crippen LogP contribution < -0.4 is 11.1 Å². The molecule has 3 rings (SSSR count). The van der Waals surface area contributed by atoms with Crippen LogP contribution >= 0.6 is 0 Å². The van der Waals surface area contributed by atoms with Crippen molar-refractivity contribution in [1.29, 1.82) is 0 Å². The van der Waals surface area contributed by atoms with Crippen LogP contribution in [0.15, 0.2) is 6.33 Å². The van der Waals surface area contributed by atoms with E-state index in [-0.39, 0.29) is 5.82 Å². The topological polar surface area (TPSA) is 148 Å². The van der Waals surface area contributed by atoms with Crippen LogP contribution in [0.4, 0.5) is 5.82 Å². The average molecular weight is 322 g/mol. The number of anilines is 1. The van der Waals surface area contributed by atoms with Gasteiger partial charge in [-0.05, 0) is 13.8 Å². The molecule has 0 spiro atoms. The standard InChI is InChI=1S/C13H18N6O4/c1-3-15-12(22)9-7(20)8(21)13(23-9)19-4-16-6-10(14)17-5(2)18-11(6)19/h4,7-9,13,20-21H,3H2,1-2H3,(H,15,22)(H2,14,17,18)/t7-,8+,9-,13+/m0/s1. The van der Waals surface area contributed by atoms with Crippen molar-refractivity contribution in [2.45, 2.75) is 38.4 Å². The molecule has 1 aliphatic rings. The number of aromatic nitrogens is 4. The van der Waals surface area contributed by atoms with Gasteiger partial charge in [0, 0.05) is 6.54 Å². The van der Waals surface area contributed by atoms with Crippen LogP contribution in [0.3, 0.4) is 0 Å². The Morgan fingerprint density at radius 1 is 1.43 bits per heavy atom. The van der Waals surface area contributed by atoms with Gasteiger partial charge in [-0.3, -0.25) is 9.36 Å². The van der Waals surface area contributed by atoms with E-state index < -0.39 is 30.4 Å². The maximum Gasteiger partial charge on any atom is 0.252 e. The fourth-order valence-electron chi connectivity index (χ4n) is 2.62. The number of nitrogens with zero attached hydrogens (tertiary/aromatic N) is 4. The SMILES string of the molecule is CCNC(=O)[C@H]1O[C@@H](n2cnc3c(N)nc(C)nc32)[C@H](O)[C@@H]1O. The van der Waals surface area contributed by atoms with Crippen molar-refractivity contribution in [2.24, 2.45) is 0 Å². The number of likely N-dealkylation sites (N-methyl/N-ethyl adjacent to an activating group) is 1. The summed E-state index contributed by atoms with van der Waals surface area (Å²) in [7, 11) is 0. The van der Waals surface area contributed by atoms with Gasteiger partial charge in [-0.15, -0.1) is 0 Å². The molecule has 1 amide bonds. The second-order valence-electron chi connectivity index (χ2n) is 5.30. The molecule has 0 saturated carbocycles. The molecule has 10 nitrogen and oxygen atoms in total. The molecule has 10 heteroatoms. The summed E-state index contributed by atoms with van der Waals surface area (Å²) in [6.07, 6.45) is -3.46. The summed E-state index contributed by atoms with van der Waals surface area (Å²) in [6.45, 7) is 3.81. The third-order valence-electron chi connectivity index (χ3n) is 3.68. The summed E-state index contributed by atoms with van der Waals surface area (Å²) in [5.74, 6) is 0.154. The van der Waals surface area contributed by atoms with Crippen molar-refractivity contribution in [2.75, 3.05) is 12.3 Å².